The van der Waals surface area contributed by atoms with E-state index in [2.05, 4.69) is 9.72 Å². The molecule has 0 unspecified atom stereocenters. The first-order valence-electron chi connectivity index (χ1n) is 5.96. The van der Waals surface area contributed by atoms with Crippen LogP contribution in [0.15, 0.2) is 52.4 Å². The zero-order valence-electron chi connectivity index (χ0n) is 11.2. The quantitative estimate of drug-likeness (QED) is 0.912. The number of pyridine rings is 1. The molecule has 1 heterocycles. The van der Waals surface area contributed by atoms with E-state index in [0.29, 0.717) is 0 Å². The molecule has 2 N–H and O–H groups in total. The van der Waals surface area contributed by atoms with E-state index in [9.17, 15) is 26.4 Å². The lowest BCUT2D eigenvalue weighted by molar-refractivity contribution is -0.274. The Bertz CT molecular complexity index is 816. The second kappa shape index (κ2) is 5.88. The van der Waals surface area contributed by atoms with Gasteiger partial charge in [-0.3, -0.25) is 4.79 Å². The summed E-state index contributed by atoms with van der Waals surface area (Å²) in [5, 5.41) is 0. The number of carbonyl (C=O) groups excluding carboxylic acids is 1. The normalized spacial score (nSPS) is 12.0. The Balaban J connectivity index is 2.30. The van der Waals surface area contributed by atoms with E-state index in [1.807, 2.05) is 0 Å². The number of hydrogen-bond donors (Lipinski definition) is 1. The van der Waals surface area contributed by atoms with Gasteiger partial charge in [-0.1, -0.05) is 0 Å². The maximum absolute atomic E-state index is 12.3. The van der Waals surface area contributed by atoms with Gasteiger partial charge >= 0.3 is 6.36 Å². The number of nitrogens with zero attached hydrogens (tertiary/aromatic N) is 1. The van der Waals surface area contributed by atoms with Crippen LogP contribution in [-0.2, 0) is 9.84 Å². The van der Waals surface area contributed by atoms with Gasteiger partial charge in [0.2, 0.25) is 9.84 Å². The summed E-state index contributed by atoms with van der Waals surface area (Å²) in [4.78, 5) is 14.0. The van der Waals surface area contributed by atoms with Crippen molar-refractivity contribution < 1.29 is 31.1 Å². The molecule has 2 rings (SSSR count). The number of carbonyl (C=O) groups is 1. The summed E-state index contributed by atoms with van der Waals surface area (Å²) in [5.41, 5.74) is 4.88. The summed E-state index contributed by atoms with van der Waals surface area (Å²) in [6, 6.07) is 5.97. The minimum absolute atomic E-state index is 0.113. The van der Waals surface area contributed by atoms with Crippen molar-refractivity contribution in [1.82, 2.24) is 4.98 Å². The second-order valence-corrected chi connectivity index (χ2v) is 6.22. The summed E-state index contributed by atoms with van der Waals surface area (Å²) in [6.07, 6.45) is -3.93. The molecule has 2 aromatic rings. The number of halogens is 3. The molecule has 0 bridgehead atoms. The smallest absolute Gasteiger partial charge is 0.406 e. The van der Waals surface area contributed by atoms with Gasteiger partial charge in [-0.05, 0) is 36.4 Å². The molecule has 0 aliphatic carbocycles. The second-order valence-electron chi connectivity index (χ2n) is 4.27. The number of sulfone groups is 1. The number of hydrogen-bond acceptors (Lipinski definition) is 5. The molecule has 0 aliphatic rings. The number of primary amides is 1. The van der Waals surface area contributed by atoms with Gasteiger partial charge in [0.1, 0.15) is 11.4 Å². The van der Waals surface area contributed by atoms with Crippen LogP contribution in [0.4, 0.5) is 13.2 Å². The lowest BCUT2D eigenvalue weighted by atomic mass is 10.3. The highest BCUT2D eigenvalue weighted by molar-refractivity contribution is 7.91. The van der Waals surface area contributed by atoms with Crippen LogP contribution in [0.1, 0.15) is 10.5 Å². The summed E-state index contributed by atoms with van der Waals surface area (Å²) < 4.78 is 64.4. The average Bonchev–Trinajstić information content (AvgIpc) is 2.46. The SMILES string of the molecule is NC(=O)c1ccc(S(=O)(=O)c2ccc(OC(F)(F)F)cc2)cn1. The molecule has 10 heteroatoms. The van der Waals surface area contributed by atoms with Crippen molar-refractivity contribution in [2.45, 2.75) is 16.2 Å². The Kier molecular flexibility index (Phi) is 4.28. The molecular weight excluding hydrogens is 337 g/mol. The molecule has 122 valence electrons. The maximum Gasteiger partial charge on any atom is 0.573 e. The summed E-state index contributed by atoms with van der Waals surface area (Å²) in [5.74, 6) is -1.36. The molecule has 0 fully saturated rings. The fourth-order valence-corrected chi connectivity index (χ4v) is 2.85. The molecule has 1 aromatic carbocycles. The third-order valence-electron chi connectivity index (χ3n) is 2.67. The van der Waals surface area contributed by atoms with Gasteiger partial charge in [-0.25, -0.2) is 13.4 Å². The number of alkyl halides is 3. The Labute approximate surface area is 128 Å². The average molecular weight is 346 g/mol. The zero-order valence-corrected chi connectivity index (χ0v) is 12.1. The van der Waals surface area contributed by atoms with Gasteiger partial charge in [0.25, 0.3) is 5.91 Å². The third kappa shape index (κ3) is 3.97. The van der Waals surface area contributed by atoms with E-state index < -0.39 is 27.9 Å². The van der Waals surface area contributed by atoms with Crippen LogP contribution in [0, 0.1) is 0 Å². The summed E-state index contributed by atoms with van der Waals surface area (Å²) in [7, 11) is -3.99. The van der Waals surface area contributed by atoms with Crippen LogP contribution in [0.25, 0.3) is 0 Å². The van der Waals surface area contributed by atoms with Crippen molar-refractivity contribution in [3.05, 3.63) is 48.3 Å². The van der Waals surface area contributed by atoms with Crippen molar-refractivity contribution in [2.24, 2.45) is 5.73 Å². The van der Waals surface area contributed by atoms with E-state index in [4.69, 9.17) is 5.73 Å². The maximum atomic E-state index is 12.3. The monoisotopic (exact) mass is 346 g/mol. The molecular formula is C13H9F3N2O4S. The first-order valence-corrected chi connectivity index (χ1v) is 7.45. The first kappa shape index (κ1) is 16.7. The van der Waals surface area contributed by atoms with Crippen molar-refractivity contribution in [3.8, 4) is 5.75 Å². The van der Waals surface area contributed by atoms with Crippen LogP contribution in [0.2, 0.25) is 0 Å². The van der Waals surface area contributed by atoms with Crippen LogP contribution >= 0.6 is 0 Å². The van der Waals surface area contributed by atoms with E-state index >= 15 is 0 Å². The van der Waals surface area contributed by atoms with Crippen molar-refractivity contribution >= 4 is 15.7 Å². The molecule has 1 aromatic heterocycles. The van der Waals surface area contributed by atoms with E-state index in [-0.39, 0.29) is 15.5 Å². The Morgan fingerprint density at radius 1 is 1.04 bits per heavy atom. The number of nitrogens with two attached hydrogens (primary N) is 1. The van der Waals surface area contributed by atoms with Crippen molar-refractivity contribution in [3.63, 3.8) is 0 Å². The predicted molar refractivity (Wildman–Crippen MR) is 71.3 cm³/mol. The third-order valence-corrected chi connectivity index (χ3v) is 4.42. The number of ether oxygens (including phenoxy) is 1. The van der Waals surface area contributed by atoms with Gasteiger partial charge in [0, 0.05) is 6.20 Å². The lowest BCUT2D eigenvalue weighted by Gasteiger charge is -2.09. The number of rotatable bonds is 4. The first-order chi connectivity index (χ1) is 10.6. The molecule has 0 atom stereocenters. The van der Waals surface area contributed by atoms with E-state index in [0.717, 1.165) is 42.6 Å². The van der Waals surface area contributed by atoms with E-state index in [1.165, 1.54) is 0 Å². The van der Waals surface area contributed by atoms with Crippen LogP contribution in [0.5, 0.6) is 5.75 Å². The highest BCUT2D eigenvalue weighted by Crippen LogP contribution is 2.26. The number of benzene rings is 1. The highest BCUT2D eigenvalue weighted by atomic mass is 32.2. The molecule has 1 amide bonds. The molecule has 0 radical (unpaired) electrons. The van der Waals surface area contributed by atoms with Crippen LogP contribution in [-0.4, -0.2) is 25.7 Å². The van der Waals surface area contributed by atoms with Crippen molar-refractivity contribution in [2.75, 3.05) is 0 Å². The molecule has 23 heavy (non-hydrogen) atoms. The number of aromatic nitrogens is 1. The topological polar surface area (TPSA) is 99.4 Å². The molecule has 0 spiro atoms. The minimum atomic E-state index is -4.87. The van der Waals surface area contributed by atoms with Gasteiger partial charge in [-0.2, -0.15) is 0 Å². The highest BCUT2D eigenvalue weighted by Gasteiger charge is 2.31. The molecule has 0 saturated carbocycles. The lowest BCUT2D eigenvalue weighted by Crippen LogP contribution is -2.17. The van der Waals surface area contributed by atoms with Crippen LogP contribution in [0.3, 0.4) is 0 Å². The summed E-state index contributed by atoms with van der Waals surface area (Å²) >= 11 is 0. The van der Waals surface area contributed by atoms with E-state index in [1.54, 1.807) is 0 Å². The molecule has 6 nitrogen and oxygen atoms in total. The standard InChI is InChI=1S/C13H9F3N2O4S/c14-13(15,16)22-8-1-3-9(4-2-8)23(20,21)10-5-6-11(12(17)19)18-7-10/h1-7H,(H2,17,19). The van der Waals surface area contributed by atoms with Crippen molar-refractivity contribution in [1.29, 1.82) is 0 Å². The fourth-order valence-electron chi connectivity index (χ4n) is 1.64. The Hall–Kier alpha value is -2.62. The summed E-state index contributed by atoms with van der Waals surface area (Å²) in [6.45, 7) is 0. The molecule has 0 saturated heterocycles. The van der Waals surface area contributed by atoms with Gasteiger partial charge < -0.3 is 10.5 Å². The predicted octanol–water partition coefficient (Wildman–Crippen LogP) is 1.91. The largest absolute Gasteiger partial charge is 0.573 e. The zero-order chi connectivity index (χ0) is 17.3. The number of amides is 1. The van der Waals surface area contributed by atoms with Gasteiger partial charge in [-0.15, -0.1) is 13.2 Å². The fraction of sp³-hybridized carbons (Fsp3) is 0.0769. The van der Waals surface area contributed by atoms with Gasteiger partial charge in [0.05, 0.1) is 9.79 Å². The molecule has 0 aliphatic heterocycles. The van der Waals surface area contributed by atoms with Crippen LogP contribution < -0.4 is 10.5 Å². The Morgan fingerprint density at radius 3 is 2.04 bits per heavy atom. The minimum Gasteiger partial charge on any atom is -0.406 e. The van der Waals surface area contributed by atoms with Gasteiger partial charge in [0.15, 0.2) is 0 Å². The Morgan fingerprint density at radius 2 is 1.61 bits per heavy atom.